The van der Waals surface area contributed by atoms with Gasteiger partial charge in [-0.15, -0.1) is 0 Å². The van der Waals surface area contributed by atoms with Crippen LogP contribution in [0.2, 0.25) is 0 Å². The minimum atomic E-state index is -4.62. The van der Waals surface area contributed by atoms with Crippen LogP contribution in [0.1, 0.15) is 28.8 Å². The van der Waals surface area contributed by atoms with E-state index in [0.29, 0.717) is 12.8 Å². The Bertz CT molecular complexity index is 938. The van der Waals surface area contributed by atoms with Crippen molar-refractivity contribution in [2.45, 2.75) is 30.0 Å². The summed E-state index contributed by atoms with van der Waals surface area (Å²) in [6.45, 7) is 0.347. The van der Waals surface area contributed by atoms with E-state index in [1.165, 1.54) is 29.2 Å². The number of carbonyl (C=O) groups excluding carboxylic acids is 1. The van der Waals surface area contributed by atoms with Crippen LogP contribution in [0.3, 0.4) is 0 Å². The molecule has 0 saturated carbocycles. The van der Waals surface area contributed by atoms with Crippen molar-refractivity contribution in [3.8, 4) is 0 Å². The smallest absolute Gasteiger partial charge is 0.339 e. The third-order valence-electron chi connectivity index (χ3n) is 4.62. The highest BCUT2D eigenvalue weighted by Gasteiger charge is 2.36. The maximum atomic E-state index is 13.1. The van der Waals surface area contributed by atoms with Crippen LogP contribution in [0.25, 0.3) is 0 Å². The van der Waals surface area contributed by atoms with Crippen molar-refractivity contribution in [1.29, 1.82) is 0 Å². The first-order chi connectivity index (χ1) is 13.2. The number of benzene rings is 2. The van der Waals surface area contributed by atoms with Gasteiger partial charge in [-0.25, -0.2) is 13.1 Å². The third-order valence-corrected chi connectivity index (χ3v) is 6.16. The molecule has 5 nitrogen and oxygen atoms in total. The second-order valence-corrected chi connectivity index (χ2v) is 8.26. The van der Waals surface area contributed by atoms with Crippen LogP contribution in [-0.4, -0.2) is 38.4 Å². The van der Waals surface area contributed by atoms with Gasteiger partial charge in [0.2, 0.25) is 10.0 Å². The highest BCUT2D eigenvalue weighted by molar-refractivity contribution is 7.89. The zero-order chi connectivity index (χ0) is 20.4. The SMILES string of the molecule is O=C(c1ccccc1C(F)(F)F)N1CCC(NS(=O)(=O)c2ccccc2)CC1. The first-order valence-corrected chi connectivity index (χ1v) is 10.2. The van der Waals surface area contributed by atoms with Crippen LogP contribution >= 0.6 is 0 Å². The number of carbonyl (C=O) groups is 1. The molecule has 150 valence electrons. The maximum Gasteiger partial charge on any atom is 0.417 e. The predicted molar refractivity (Wildman–Crippen MR) is 97.1 cm³/mol. The lowest BCUT2D eigenvalue weighted by Gasteiger charge is -2.32. The Morgan fingerprint density at radius 3 is 2.14 bits per heavy atom. The zero-order valence-electron chi connectivity index (χ0n) is 14.8. The van der Waals surface area contributed by atoms with Crippen LogP contribution in [0.5, 0.6) is 0 Å². The zero-order valence-corrected chi connectivity index (χ0v) is 15.6. The molecular formula is C19H19F3N2O3S. The van der Waals surface area contributed by atoms with E-state index in [0.717, 1.165) is 12.1 Å². The van der Waals surface area contributed by atoms with Gasteiger partial charge in [-0.1, -0.05) is 30.3 Å². The molecular weight excluding hydrogens is 393 g/mol. The quantitative estimate of drug-likeness (QED) is 0.838. The summed E-state index contributed by atoms with van der Waals surface area (Å²) in [5.41, 5.74) is -1.36. The molecule has 0 aromatic heterocycles. The largest absolute Gasteiger partial charge is 0.417 e. The molecule has 1 N–H and O–H groups in total. The van der Waals surface area contributed by atoms with Crippen LogP contribution < -0.4 is 4.72 Å². The number of hydrogen-bond donors (Lipinski definition) is 1. The van der Waals surface area contributed by atoms with Gasteiger partial charge in [0, 0.05) is 19.1 Å². The van der Waals surface area contributed by atoms with Gasteiger partial charge in [0.05, 0.1) is 16.0 Å². The molecule has 0 unspecified atom stereocenters. The fourth-order valence-corrected chi connectivity index (χ4v) is 4.50. The highest BCUT2D eigenvalue weighted by atomic mass is 32.2. The predicted octanol–water partition coefficient (Wildman–Crippen LogP) is 3.29. The summed E-state index contributed by atoms with van der Waals surface area (Å²) in [6.07, 6.45) is -3.96. The monoisotopic (exact) mass is 412 g/mol. The van der Waals surface area contributed by atoms with Crippen molar-refractivity contribution in [3.05, 3.63) is 65.7 Å². The lowest BCUT2D eigenvalue weighted by atomic mass is 10.0. The number of sulfonamides is 1. The number of rotatable bonds is 4. The number of amides is 1. The fourth-order valence-electron chi connectivity index (χ4n) is 3.17. The van der Waals surface area contributed by atoms with Gasteiger partial charge in [-0.3, -0.25) is 4.79 Å². The number of hydrogen-bond acceptors (Lipinski definition) is 3. The lowest BCUT2D eigenvalue weighted by molar-refractivity contribution is -0.138. The molecule has 1 fully saturated rings. The van der Waals surface area contributed by atoms with Crippen molar-refractivity contribution in [2.24, 2.45) is 0 Å². The van der Waals surface area contributed by atoms with E-state index in [1.807, 2.05) is 0 Å². The first-order valence-electron chi connectivity index (χ1n) is 8.71. The molecule has 1 aliphatic heterocycles. The molecule has 0 radical (unpaired) electrons. The number of likely N-dealkylation sites (tertiary alicyclic amines) is 1. The molecule has 2 aromatic carbocycles. The summed E-state index contributed by atoms with van der Waals surface area (Å²) in [4.78, 5) is 14.0. The minimum Gasteiger partial charge on any atom is -0.339 e. The second-order valence-electron chi connectivity index (χ2n) is 6.54. The van der Waals surface area contributed by atoms with Gasteiger partial charge in [-0.05, 0) is 37.1 Å². The third kappa shape index (κ3) is 4.53. The lowest BCUT2D eigenvalue weighted by Crippen LogP contribution is -2.46. The van der Waals surface area contributed by atoms with Crippen LogP contribution in [0.15, 0.2) is 59.5 Å². The van der Waals surface area contributed by atoms with Crippen molar-refractivity contribution < 1.29 is 26.4 Å². The normalized spacial score (nSPS) is 16.2. The van der Waals surface area contributed by atoms with E-state index in [2.05, 4.69) is 4.72 Å². The van der Waals surface area contributed by atoms with Crippen molar-refractivity contribution in [2.75, 3.05) is 13.1 Å². The first kappa shape index (κ1) is 20.3. The standard InChI is InChI=1S/C19H19F3N2O3S/c20-19(21,22)17-9-5-4-8-16(17)18(25)24-12-10-14(11-13-24)23-28(26,27)15-6-2-1-3-7-15/h1-9,14,23H,10-13H2. The summed E-state index contributed by atoms with van der Waals surface area (Å²) >= 11 is 0. The van der Waals surface area contributed by atoms with Crippen LogP contribution in [-0.2, 0) is 16.2 Å². The number of halogens is 3. The van der Waals surface area contributed by atoms with Crippen LogP contribution in [0, 0.1) is 0 Å². The summed E-state index contributed by atoms with van der Waals surface area (Å²) in [5.74, 6) is -0.697. The topological polar surface area (TPSA) is 66.5 Å². The molecule has 1 aliphatic rings. The highest BCUT2D eigenvalue weighted by Crippen LogP contribution is 2.32. The molecule has 2 aromatic rings. The van der Waals surface area contributed by atoms with E-state index in [1.54, 1.807) is 18.2 Å². The molecule has 0 aliphatic carbocycles. The number of alkyl halides is 3. The van der Waals surface area contributed by atoms with Crippen molar-refractivity contribution >= 4 is 15.9 Å². The van der Waals surface area contributed by atoms with Crippen molar-refractivity contribution in [1.82, 2.24) is 9.62 Å². The van der Waals surface area contributed by atoms with E-state index in [-0.39, 0.29) is 24.0 Å². The van der Waals surface area contributed by atoms with Gasteiger partial charge < -0.3 is 4.90 Å². The van der Waals surface area contributed by atoms with Gasteiger partial charge in [0.1, 0.15) is 0 Å². The molecule has 1 heterocycles. The van der Waals surface area contributed by atoms with Gasteiger partial charge in [0.25, 0.3) is 5.91 Å². The molecule has 28 heavy (non-hydrogen) atoms. The van der Waals surface area contributed by atoms with E-state index in [4.69, 9.17) is 0 Å². The molecule has 0 bridgehead atoms. The fraction of sp³-hybridized carbons (Fsp3) is 0.316. The molecule has 9 heteroatoms. The Hall–Kier alpha value is -2.39. The maximum absolute atomic E-state index is 13.1. The number of nitrogens with one attached hydrogen (secondary N) is 1. The molecule has 3 rings (SSSR count). The van der Waals surface area contributed by atoms with Gasteiger partial charge in [0.15, 0.2) is 0 Å². The number of nitrogens with zero attached hydrogens (tertiary/aromatic N) is 1. The number of piperidine rings is 1. The Morgan fingerprint density at radius 1 is 0.964 bits per heavy atom. The second kappa shape index (κ2) is 7.92. The van der Waals surface area contributed by atoms with Gasteiger partial charge >= 0.3 is 6.18 Å². The summed E-state index contributed by atoms with van der Waals surface area (Å²) in [6, 6.07) is 12.2. The molecule has 1 saturated heterocycles. The molecule has 0 atom stereocenters. The van der Waals surface area contributed by atoms with E-state index < -0.39 is 33.2 Å². The molecule has 0 spiro atoms. The average molecular weight is 412 g/mol. The van der Waals surface area contributed by atoms with E-state index >= 15 is 0 Å². The Morgan fingerprint density at radius 2 is 1.54 bits per heavy atom. The van der Waals surface area contributed by atoms with Crippen LogP contribution in [0.4, 0.5) is 13.2 Å². The molecule has 1 amide bonds. The summed E-state index contributed by atoms with van der Waals surface area (Å²) in [7, 11) is -3.68. The van der Waals surface area contributed by atoms with Crippen molar-refractivity contribution in [3.63, 3.8) is 0 Å². The summed E-state index contributed by atoms with van der Waals surface area (Å²) < 4.78 is 66.8. The summed E-state index contributed by atoms with van der Waals surface area (Å²) in [5, 5.41) is 0. The Balaban J connectivity index is 1.66. The average Bonchev–Trinajstić information content (AvgIpc) is 2.68. The van der Waals surface area contributed by atoms with Gasteiger partial charge in [-0.2, -0.15) is 13.2 Å². The van der Waals surface area contributed by atoms with E-state index in [9.17, 15) is 26.4 Å². The Labute approximate surface area is 161 Å². The Kier molecular flexibility index (Phi) is 5.76. The minimum absolute atomic E-state index is 0.146.